The van der Waals surface area contributed by atoms with Crippen molar-refractivity contribution in [3.63, 3.8) is 0 Å². The minimum atomic E-state index is -4.87. The fourth-order valence-corrected chi connectivity index (χ4v) is 41.1. The van der Waals surface area contributed by atoms with Crippen molar-refractivity contribution in [1.29, 1.82) is 0 Å². The van der Waals surface area contributed by atoms with E-state index in [4.69, 9.17) is 17.0 Å². The number of benzene rings is 5. The second-order valence-electron chi connectivity index (χ2n) is 14.8. The standard InChI is InChI=1S/C22H19.C19H19.C2H7Si.2ClH.Zr/c1-15(2)18-13-17-9-6-12-21(22(17)14-18)20-11-5-8-16-7-3-4-10-19(16)20;1-12-5-6-14(3)17(9-12)16-8-7-15(4)18-10-13(2)11-19(16)18;1-3-2;;;/h3-15H,1-2H3;5-11H,1-4H3;3H,1-2H3;2*1H;/q;;;;;+2/p-2. The monoisotopic (exact) mass is 749 g/mol. The molecule has 0 heterocycles. The number of allylic oxidation sites excluding steroid dienone is 2. The fourth-order valence-electron chi connectivity index (χ4n) is 8.86. The Morgan fingerprint density at radius 1 is 0.638 bits per heavy atom. The van der Waals surface area contributed by atoms with Gasteiger partial charge in [-0.15, -0.1) is 0 Å². The van der Waals surface area contributed by atoms with E-state index in [1.165, 1.54) is 83.1 Å². The first-order valence-corrected chi connectivity index (χ1v) is 33.4. The molecule has 2 unspecified atom stereocenters. The van der Waals surface area contributed by atoms with Gasteiger partial charge in [-0.2, -0.15) is 0 Å². The zero-order valence-electron chi connectivity index (χ0n) is 28.9. The number of rotatable bonds is 6. The third-order valence-electron chi connectivity index (χ3n) is 11.4. The Kier molecular flexibility index (Phi) is 8.32. The van der Waals surface area contributed by atoms with Crippen molar-refractivity contribution in [3.05, 3.63) is 141 Å². The molecule has 2 aliphatic carbocycles. The number of aryl methyl sites for hydroxylation is 3. The zero-order chi connectivity index (χ0) is 33.4. The first-order valence-electron chi connectivity index (χ1n) is 17.1. The third kappa shape index (κ3) is 5.00. The van der Waals surface area contributed by atoms with Gasteiger partial charge in [0.05, 0.1) is 0 Å². The summed E-state index contributed by atoms with van der Waals surface area (Å²) >= 11 is -4.87. The van der Waals surface area contributed by atoms with Crippen LogP contribution >= 0.6 is 17.0 Å². The van der Waals surface area contributed by atoms with Gasteiger partial charge in [-0.25, -0.2) is 0 Å². The Morgan fingerprint density at radius 3 is 2.04 bits per heavy atom. The van der Waals surface area contributed by atoms with E-state index in [1.807, 2.05) is 0 Å². The molecule has 0 N–H and O–H groups in total. The van der Waals surface area contributed by atoms with Crippen molar-refractivity contribution in [2.45, 2.75) is 61.9 Å². The summed E-state index contributed by atoms with van der Waals surface area (Å²) in [4.78, 5) is 0. The van der Waals surface area contributed by atoms with E-state index >= 15 is 0 Å². The molecule has 0 bridgehead atoms. The molecule has 2 aliphatic rings. The van der Waals surface area contributed by atoms with Gasteiger partial charge in [0.2, 0.25) is 0 Å². The number of hydrogen-bond acceptors (Lipinski definition) is 0. The van der Waals surface area contributed by atoms with Crippen molar-refractivity contribution < 1.29 is 15.6 Å². The normalized spacial score (nSPS) is 18.3. The molecule has 47 heavy (non-hydrogen) atoms. The summed E-state index contributed by atoms with van der Waals surface area (Å²) < 4.78 is 0.144. The van der Waals surface area contributed by atoms with Crippen molar-refractivity contribution in [1.82, 2.24) is 0 Å². The first-order chi connectivity index (χ1) is 22.3. The molecule has 239 valence electrons. The van der Waals surface area contributed by atoms with Crippen LogP contribution in [0.25, 0.3) is 45.2 Å². The van der Waals surface area contributed by atoms with Gasteiger partial charge in [-0.3, -0.25) is 0 Å². The summed E-state index contributed by atoms with van der Waals surface area (Å²) in [6.45, 7) is 18.6. The summed E-state index contributed by atoms with van der Waals surface area (Å²) in [5, 5.41) is 2.54. The van der Waals surface area contributed by atoms with Crippen LogP contribution in [-0.4, -0.2) is 5.92 Å². The molecule has 0 radical (unpaired) electrons. The Hall–Kier alpha value is -2.48. The van der Waals surface area contributed by atoms with Gasteiger partial charge < -0.3 is 0 Å². The average molecular weight is 752 g/mol. The molecule has 0 saturated heterocycles. The van der Waals surface area contributed by atoms with Crippen LogP contribution in [0.2, 0.25) is 13.1 Å². The Labute approximate surface area is 290 Å². The second kappa shape index (κ2) is 11.8. The van der Waals surface area contributed by atoms with Gasteiger partial charge in [-0.05, 0) is 0 Å². The van der Waals surface area contributed by atoms with Crippen LogP contribution in [-0.2, 0) is 15.6 Å². The molecular formula is C43H45Cl2SiZr. The number of fused-ring (bicyclic) bond motifs is 3. The van der Waals surface area contributed by atoms with E-state index < -0.39 is 21.5 Å². The molecule has 0 saturated carbocycles. The Bertz CT molecular complexity index is 2150. The quantitative estimate of drug-likeness (QED) is 0.152. The van der Waals surface area contributed by atoms with Crippen molar-refractivity contribution in [3.8, 4) is 22.3 Å². The van der Waals surface area contributed by atoms with E-state index in [9.17, 15) is 0 Å². The first kappa shape index (κ1) is 33.0. The molecular weight excluding hydrogens is 707 g/mol. The fraction of sp³-hybridized carbons (Fsp3) is 0.256. The third-order valence-corrected chi connectivity index (χ3v) is 63.3. The van der Waals surface area contributed by atoms with E-state index in [2.05, 4.69) is 158 Å². The Morgan fingerprint density at radius 2 is 1.30 bits per heavy atom. The van der Waals surface area contributed by atoms with E-state index in [-0.39, 0.29) is 7.25 Å². The molecule has 0 fully saturated rings. The predicted molar refractivity (Wildman–Crippen MR) is 208 cm³/mol. The SMILES string of the molecule is CC1=Cc2c(-c3cc(C)ccc3C)ccc(C)c2[CH]1[Zr]([Cl])([Cl])([CH]1C(C(C)C)=Cc2c(-c3cccc4ccccc34)cccc21)[SiH](C)C. The van der Waals surface area contributed by atoms with Crippen molar-refractivity contribution in [2.24, 2.45) is 5.92 Å². The summed E-state index contributed by atoms with van der Waals surface area (Å²) in [6, 6.07) is 33.7. The summed E-state index contributed by atoms with van der Waals surface area (Å²) in [7, 11) is 17.4. The summed E-state index contributed by atoms with van der Waals surface area (Å²) in [6.07, 6.45) is 4.94. The van der Waals surface area contributed by atoms with Gasteiger partial charge in [0.1, 0.15) is 0 Å². The maximum atomic E-state index is 8.71. The molecule has 0 nitrogen and oxygen atoms in total. The summed E-state index contributed by atoms with van der Waals surface area (Å²) in [5.41, 5.74) is 17.2. The van der Waals surface area contributed by atoms with E-state index in [0.717, 1.165) is 0 Å². The van der Waals surface area contributed by atoms with Crippen LogP contribution < -0.4 is 0 Å². The Balaban J connectivity index is 1.48. The molecule has 0 aromatic heterocycles. The van der Waals surface area contributed by atoms with Crippen LogP contribution in [0, 0.1) is 26.7 Å². The average Bonchev–Trinajstić information content (AvgIpc) is 3.63. The maximum absolute atomic E-state index is 8.71. The van der Waals surface area contributed by atoms with Gasteiger partial charge in [-0.1, -0.05) is 0 Å². The molecule has 7 rings (SSSR count). The van der Waals surface area contributed by atoms with Crippen LogP contribution in [0.1, 0.15) is 67.0 Å². The molecule has 5 aromatic rings. The zero-order valence-corrected chi connectivity index (χ0v) is 34.0. The van der Waals surface area contributed by atoms with Crippen LogP contribution in [0.4, 0.5) is 0 Å². The van der Waals surface area contributed by atoms with Gasteiger partial charge in [0, 0.05) is 0 Å². The predicted octanol–water partition coefficient (Wildman–Crippen LogP) is 13.3. The molecule has 5 aromatic carbocycles. The van der Waals surface area contributed by atoms with Crippen LogP contribution in [0.5, 0.6) is 0 Å². The topological polar surface area (TPSA) is 0 Å². The number of halogens is 2. The molecule has 2 atom stereocenters. The number of hydrogen-bond donors (Lipinski definition) is 0. The van der Waals surface area contributed by atoms with Crippen LogP contribution in [0.15, 0.2) is 102 Å². The molecule has 0 spiro atoms. The minimum absolute atomic E-state index is 0.0689. The molecule has 0 aliphatic heterocycles. The van der Waals surface area contributed by atoms with E-state index in [1.54, 1.807) is 0 Å². The van der Waals surface area contributed by atoms with Gasteiger partial charge in [0.15, 0.2) is 0 Å². The van der Waals surface area contributed by atoms with E-state index in [0.29, 0.717) is 5.92 Å². The summed E-state index contributed by atoms with van der Waals surface area (Å²) in [5.74, 6) is -1.32. The molecule has 0 amide bonds. The van der Waals surface area contributed by atoms with Crippen molar-refractivity contribution in [2.75, 3.05) is 0 Å². The van der Waals surface area contributed by atoms with Gasteiger partial charge in [0.25, 0.3) is 0 Å². The van der Waals surface area contributed by atoms with Crippen molar-refractivity contribution >= 4 is 45.9 Å². The second-order valence-corrected chi connectivity index (χ2v) is 57.4. The van der Waals surface area contributed by atoms with Gasteiger partial charge >= 0.3 is 293 Å². The van der Waals surface area contributed by atoms with Crippen LogP contribution in [0.3, 0.4) is 0 Å². The molecule has 4 heteroatoms.